The molecule has 2 aliphatic heterocycles. The summed E-state index contributed by atoms with van der Waals surface area (Å²) in [5, 5.41) is 0. The van der Waals surface area contributed by atoms with Crippen LogP contribution in [0.3, 0.4) is 0 Å². The van der Waals surface area contributed by atoms with E-state index >= 15 is 0 Å². The highest BCUT2D eigenvalue weighted by Gasteiger charge is 2.21. The van der Waals surface area contributed by atoms with Crippen molar-refractivity contribution in [2.45, 2.75) is 20.4 Å². The fourth-order valence-electron chi connectivity index (χ4n) is 3.41. The molecular formula is C18H26N6OS. The monoisotopic (exact) mass is 374 g/mol. The van der Waals surface area contributed by atoms with Gasteiger partial charge in [-0.1, -0.05) is 0 Å². The molecule has 0 amide bonds. The van der Waals surface area contributed by atoms with Crippen molar-refractivity contribution in [2.75, 3.05) is 60.6 Å². The first-order valence-electron chi connectivity index (χ1n) is 9.24. The Labute approximate surface area is 158 Å². The van der Waals surface area contributed by atoms with Gasteiger partial charge >= 0.3 is 0 Å². The lowest BCUT2D eigenvalue weighted by molar-refractivity contribution is 0.224. The quantitative estimate of drug-likeness (QED) is 0.805. The zero-order valence-corrected chi connectivity index (χ0v) is 16.3. The molecule has 0 N–H and O–H groups in total. The highest BCUT2D eigenvalue weighted by atomic mass is 32.2. The number of nitrogens with zero attached hydrogens (tertiary/aromatic N) is 6. The third kappa shape index (κ3) is 3.96. The number of hydrogen-bond acceptors (Lipinski definition) is 8. The molecule has 0 saturated carbocycles. The summed E-state index contributed by atoms with van der Waals surface area (Å²) >= 11 is 2.01. The molecule has 8 heteroatoms. The Hall–Kier alpha value is -1.80. The molecule has 2 saturated heterocycles. The molecule has 4 rings (SSSR count). The molecule has 0 bridgehead atoms. The van der Waals surface area contributed by atoms with Crippen LogP contribution in [0.15, 0.2) is 16.8 Å². The lowest BCUT2D eigenvalue weighted by Gasteiger charge is -2.35. The highest BCUT2D eigenvalue weighted by Crippen LogP contribution is 2.22. The summed E-state index contributed by atoms with van der Waals surface area (Å²) in [5.41, 5.74) is 0.989. The van der Waals surface area contributed by atoms with E-state index in [9.17, 15) is 0 Å². The number of piperazine rings is 1. The van der Waals surface area contributed by atoms with Crippen LogP contribution in [0.1, 0.15) is 17.3 Å². The van der Waals surface area contributed by atoms with E-state index in [-0.39, 0.29) is 0 Å². The van der Waals surface area contributed by atoms with Gasteiger partial charge in [-0.3, -0.25) is 4.90 Å². The van der Waals surface area contributed by atoms with Crippen molar-refractivity contribution < 1.29 is 4.42 Å². The minimum Gasteiger partial charge on any atom is -0.444 e. The Bertz CT molecular complexity index is 718. The molecule has 0 unspecified atom stereocenters. The molecule has 2 aromatic heterocycles. The van der Waals surface area contributed by atoms with Crippen LogP contribution >= 0.6 is 11.8 Å². The number of thioether (sulfide) groups is 1. The van der Waals surface area contributed by atoms with Crippen molar-refractivity contribution >= 4 is 23.4 Å². The van der Waals surface area contributed by atoms with Crippen LogP contribution in [0.2, 0.25) is 0 Å². The topological polar surface area (TPSA) is 61.5 Å². The van der Waals surface area contributed by atoms with Gasteiger partial charge in [0.1, 0.15) is 23.7 Å². The molecular weight excluding hydrogens is 348 g/mol. The van der Waals surface area contributed by atoms with Gasteiger partial charge in [-0.25, -0.2) is 15.0 Å². The first-order chi connectivity index (χ1) is 12.7. The molecule has 0 aliphatic carbocycles. The van der Waals surface area contributed by atoms with E-state index in [1.165, 1.54) is 11.5 Å². The van der Waals surface area contributed by atoms with Gasteiger partial charge in [0.25, 0.3) is 0 Å². The minimum absolute atomic E-state index is 0.781. The Morgan fingerprint density at radius 2 is 1.62 bits per heavy atom. The Morgan fingerprint density at radius 1 is 0.962 bits per heavy atom. The Balaban J connectivity index is 1.35. The van der Waals surface area contributed by atoms with Crippen LogP contribution in [0.4, 0.5) is 11.6 Å². The molecule has 2 fully saturated rings. The number of hydrogen-bond donors (Lipinski definition) is 0. The molecule has 0 spiro atoms. The zero-order chi connectivity index (χ0) is 17.9. The van der Waals surface area contributed by atoms with Crippen LogP contribution in [0.25, 0.3) is 0 Å². The highest BCUT2D eigenvalue weighted by molar-refractivity contribution is 7.99. The molecule has 26 heavy (non-hydrogen) atoms. The molecule has 2 aromatic rings. The summed E-state index contributed by atoms with van der Waals surface area (Å²) in [5.74, 6) is 6.19. The van der Waals surface area contributed by atoms with Crippen molar-refractivity contribution in [1.82, 2.24) is 19.9 Å². The van der Waals surface area contributed by atoms with Crippen molar-refractivity contribution in [3.8, 4) is 0 Å². The number of oxazole rings is 1. The summed E-state index contributed by atoms with van der Waals surface area (Å²) in [6, 6.07) is 2.15. The van der Waals surface area contributed by atoms with Gasteiger partial charge in [0.15, 0.2) is 0 Å². The summed E-state index contributed by atoms with van der Waals surface area (Å²) in [4.78, 5) is 20.6. The van der Waals surface area contributed by atoms with Gasteiger partial charge in [0.05, 0.1) is 12.2 Å². The lowest BCUT2D eigenvalue weighted by atomic mass is 10.3. The van der Waals surface area contributed by atoms with Crippen LogP contribution in [0, 0.1) is 13.8 Å². The first kappa shape index (κ1) is 17.6. The Morgan fingerprint density at radius 3 is 2.23 bits per heavy atom. The summed E-state index contributed by atoms with van der Waals surface area (Å²) < 4.78 is 5.72. The van der Waals surface area contributed by atoms with E-state index in [4.69, 9.17) is 4.42 Å². The molecule has 0 atom stereocenters. The van der Waals surface area contributed by atoms with Crippen molar-refractivity contribution in [3.05, 3.63) is 29.7 Å². The summed E-state index contributed by atoms with van der Waals surface area (Å²) in [6.45, 7) is 10.8. The third-order valence-corrected chi connectivity index (χ3v) is 6.04. The second-order valence-electron chi connectivity index (χ2n) is 6.85. The normalized spacial score (nSPS) is 19.2. The van der Waals surface area contributed by atoms with Crippen molar-refractivity contribution in [3.63, 3.8) is 0 Å². The second-order valence-corrected chi connectivity index (χ2v) is 8.07. The van der Waals surface area contributed by atoms with E-state index in [1.54, 1.807) is 6.33 Å². The van der Waals surface area contributed by atoms with Gasteiger partial charge in [-0.2, -0.15) is 11.8 Å². The molecule has 7 nitrogen and oxygen atoms in total. The Kier molecular flexibility index (Phi) is 5.31. The lowest BCUT2D eigenvalue weighted by Crippen LogP contribution is -2.46. The van der Waals surface area contributed by atoms with E-state index in [0.29, 0.717) is 0 Å². The van der Waals surface area contributed by atoms with Crippen LogP contribution in [0.5, 0.6) is 0 Å². The largest absolute Gasteiger partial charge is 0.444 e. The van der Waals surface area contributed by atoms with Crippen molar-refractivity contribution in [2.24, 2.45) is 0 Å². The molecule has 0 aromatic carbocycles. The smallest absolute Gasteiger partial charge is 0.208 e. The maximum atomic E-state index is 5.72. The average Bonchev–Trinajstić information content (AvgIpc) is 3.00. The number of rotatable bonds is 4. The second kappa shape index (κ2) is 7.84. The maximum Gasteiger partial charge on any atom is 0.208 e. The molecule has 0 radical (unpaired) electrons. The van der Waals surface area contributed by atoms with Crippen LogP contribution < -0.4 is 9.80 Å². The minimum atomic E-state index is 0.781. The van der Waals surface area contributed by atoms with Crippen LogP contribution in [-0.2, 0) is 6.54 Å². The molecule has 4 heterocycles. The zero-order valence-electron chi connectivity index (χ0n) is 15.5. The predicted molar refractivity (Wildman–Crippen MR) is 105 cm³/mol. The van der Waals surface area contributed by atoms with Gasteiger partial charge < -0.3 is 14.2 Å². The number of anilines is 2. The standard InChI is InChI=1S/C18H26N6OS/c1-14-15(2)25-18(21-14)12-22-3-5-23(6-4-22)16-11-17(20-13-19-16)24-7-9-26-10-8-24/h11,13H,3-10,12H2,1-2H3. The van der Waals surface area contributed by atoms with Gasteiger partial charge in [0.2, 0.25) is 5.89 Å². The van der Waals surface area contributed by atoms with E-state index in [2.05, 4.69) is 35.7 Å². The maximum absolute atomic E-state index is 5.72. The van der Waals surface area contributed by atoms with Gasteiger partial charge in [0, 0.05) is 56.8 Å². The van der Waals surface area contributed by atoms with E-state index in [0.717, 1.165) is 74.8 Å². The fourth-order valence-corrected chi connectivity index (χ4v) is 4.31. The third-order valence-electron chi connectivity index (χ3n) is 5.10. The number of aromatic nitrogens is 3. The predicted octanol–water partition coefficient (Wildman–Crippen LogP) is 1.96. The SMILES string of the molecule is Cc1nc(CN2CCN(c3cc(N4CCSCC4)ncn3)CC2)oc1C. The molecule has 2 aliphatic rings. The van der Waals surface area contributed by atoms with Crippen LogP contribution in [-0.4, -0.2) is 70.6 Å². The summed E-state index contributed by atoms with van der Waals surface area (Å²) in [6.07, 6.45) is 1.71. The fraction of sp³-hybridized carbons (Fsp3) is 0.611. The van der Waals surface area contributed by atoms with E-state index < -0.39 is 0 Å². The van der Waals surface area contributed by atoms with Crippen molar-refractivity contribution in [1.29, 1.82) is 0 Å². The average molecular weight is 375 g/mol. The molecule has 140 valence electrons. The van der Waals surface area contributed by atoms with Gasteiger partial charge in [-0.15, -0.1) is 0 Å². The number of aryl methyl sites for hydroxylation is 2. The van der Waals surface area contributed by atoms with E-state index in [1.807, 2.05) is 25.6 Å². The first-order valence-corrected chi connectivity index (χ1v) is 10.4. The van der Waals surface area contributed by atoms with Gasteiger partial charge in [-0.05, 0) is 13.8 Å². The summed E-state index contributed by atoms with van der Waals surface area (Å²) in [7, 11) is 0.